The van der Waals surface area contributed by atoms with Gasteiger partial charge in [0.15, 0.2) is 6.61 Å². The molecule has 0 saturated heterocycles. The highest BCUT2D eigenvalue weighted by molar-refractivity contribution is 5.77. The van der Waals surface area contributed by atoms with Crippen molar-refractivity contribution in [2.75, 3.05) is 19.8 Å². The van der Waals surface area contributed by atoms with E-state index in [0.717, 1.165) is 52.3 Å². The maximum absolute atomic E-state index is 12.3. The monoisotopic (exact) mass is 499 g/mol. The number of aryl methyl sites for hydroxylation is 3. The van der Waals surface area contributed by atoms with Crippen LogP contribution in [0.5, 0.6) is 11.5 Å². The van der Waals surface area contributed by atoms with Gasteiger partial charge >= 0.3 is 0 Å². The Kier molecular flexibility index (Phi) is 8.83. The van der Waals surface area contributed by atoms with Crippen molar-refractivity contribution in [3.05, 3.63) is 89.2 Å². The van der Waals surface area contributed by atoms with Gasteiger partial charge in [0.1, 0.15) is 23.9 Å². The molecule has 0 unspecified atom stereocenters. The number of aromatic nitrogens is 2. The number of benzene rings is 3. The van der Waals surface area contributed by atoms with E-state index in [2.05, 4.69) is 41.9 Å². The number of nitrogens with one attached hydrogen (secondary N) is 1. The van der Waals surface area contributed by atoms with Crippen LogP contribution in [0.3, 0.4) is 0 Å². The summed E-state index contributed by atoms with van der Waals surface area (Å²) < 4.78 is 14.0. The number of ether oxygens (including phenoxy) is 2. The molecule has 4 rings (SSSR count). The van der Waals surface area contributed by atoms with Gasteiger partial charge in [0.05, 0.1) is 17.6 Å². The molecule has 4 aromatic rings. The average molecular weight is 500 g/mol. The Balaban J connectivity index is 1.28. The van der Waals surface area contributed by atoms with E-state index in [-0.39, 0.29) is 12.5 Å². The maximum Gasteiger partial charge on any atom is 0.257 e. The van der Waals surface area contributed by atoms with Gasteiger partial charge in [-0.15, -0.1) is 0 Å². The zero-order chi connectivity index (χ0) is 26.2. The Bertz CT molecular complexity index is 1330. The van der Waals surface area contributed by atoms with Crippen molar-refractivity contribution >= 4 is 16.9 Å². The molecule has 194 valence electrons. The van der Waals surface area contributed by atoms with Crippen LogP contribution in [0.2, 0.25) is 0 Å². The summed E-state index contributed by atoms with van der Waals surface area (Å²) in [5, 5.41) is 2.96. The molecule has 1 amide bonds. The van der Waals surface area contributed by atoms with Crippen LogP contribution < -0.4 is 14.8 Å². The van der Waals surface area contributed by atoms with Gasteiger partial charge in [-0.05, 0) is 73.2 Å². The van der Waals surface area contributed by atoms with Crippen LogP contribution in [-0.4, -0.2) is 35.2 Å². The van der Waals surface area contributed by atoms with Crippen LogP contribution in [-0.2, 0) is 17.8 Å². The van der Waals surface area contributed by atoms with Gasteiger partial charge in [-0.2, -0.15) is 0 Å². The van der Waals surface area contributed by atoms with E-state index in [1.54, 1.807) is 0 Å². The second-order valence-electron chi connectivity index (χ2n) is 9.75. The number of carbonyl (C=O) groups is 1. The quantitative estimate of drug-likeness (QED) is 0.243. The molecule has 0 spiro atoms. The second-order valence-corrected chi connectivity index (χ2v) is 9.75. The van der Waals surface area contributed by atoms with E-state index in [9.17, 15) is 4.79 Å². The first-order chi connectivity index (χ1) is 17.9. The molecule has 3 aromatic carbocycles. The summed E-state index contributed by atoms with van der Waals surface area (Å²) in [5.74, 6) is 3.01. The van der Waals surface area contributed by atoms with E-state index in [0.29, 0.717) is 25.6 Å². The van der Waals surface area contributed by atoms with Gasteiger partial charge in [-0.1, -0.05) is 50.2 Å². The maximum atomic E-state index is 12.3. The van der Waals surface area contributed by atoms with Crippen molar-refractivity contribution in [2.45, 2.75) is 53.0 Å². The van der Waals surface area contributed by atoms with E-state index in [1.807, 2.05) is 62.4 Å². The van der Waals surface area contributed by atoms with Crippen molar-refractivity contribution < 1.29 is 14.3 Å². The largest absolute Gasteiger partial charge is 0.492 e. The summed E-state index contributed by atoms with van der Waals surface area (Å²) in [6.07, 6.45) is 1.55. The number of imidazole rings is 1. The van der Waals surface area contributed by atoms with Gasteiger partial charge in [-0.25, -0.2) is 4.98 Å². The summed E-state index contributed by atoms with van der Waals surface area (Å²) >= 11 is 0. The normalized spacial score (nSPS) is 11.2. The minimum absolute atomic E-state index is 0.0122. The van der Waals surface area contributed by atoms with Crippen LogP contribution in [0.25, 0.3) is 11.0 Å². The van der Waals surface area contributed by atoms with Crippen molar-refractivity contribution in [2.24, 2.45) is 0 Å². The number of fused-ring (bicyclic) bond motifs is 1. The third kappa shape index (κ3) is 7.13. The zero-order valence-corrected chi connectivity index (χ0v) is 22.3. The summed E-state index contributed by atoms with van der Waals surface area (Å²) in [6.45, 7) is 10.2. The third-order valence-electron chi connectivity index (χ3n) is 6.47. The Morgan fingerprint density at radius 3 is 2.57 bits per heavy atom. The van der Waals surface area contributed by atoms with Crippen molar-refractivity contribution in [3.63, 3.8) is 0 Å². The second kappa shape index (κ2) is 12.4. The zero-order valence-electron chi connectivity index (χ0n) is 22.3. The third-order valence-corrected chi connectivity index (χ3v) is 6.47. The van der Waals surface area contributed by atoms with Gasteiger partial charge < -0.3 is 19.4 Å². The summed E-state index contributed by atoms with van der Waals surface area (Å²) in [4.78, 5) is 17.1. The van der Waals surface area contributed by atoms with Crippen molar-refractivity contribution in [3.8, 4) is 11.5 Å². The fourth-order valence-electron chi connectivity index (χ4n) is 4.30. The highest BCUT2D eigenvalue weighted by Gasteiger charge is 2.11. The first-order valence-corrected chi connectivity index (χ1v) is 13.0. The number of rotatable bonds is 12. The lowest BCUT2D eigenvalue weighted by atomic mass is 10.0. The Hall–Kier alpha value is -3.80. The predicted molar refractivity (Wildman–Crippen MR) is 149 cm³/mol. The number of hydrogen-bond acceptors (Lipinski definition) is 4. The Morgan fingerprint density at radius 1 is 1.00 bits per heavy atom. The molecule has 0 fully saturated rings. The summed E-state index contributed by atoms with van der Waals surface area (Å²) in [5.41, 5.74) is 5.51. The number of amides is 1. The van der Waals surface area contributed by atoms with Gasteiger partial charge in [-0.3, -0.25) is 4.79 Å². The molecule has 6 nitrogen and oxygen atoms in total. The molecule has 0 aliphatic carbocycles. The minimum Gasteiger partial charge on any atom is -0.492 e. The molecule has 0 atom stereocenters. The highest BCUT2D eigenvalue weighted by Crippen LogP contribution is 2.21. The molecule has 0 aliphatic rings. The van der Waals surface area contributed by atoms with E-state index in [1.165, 1.54) is 5.56 Å². The fraction of sp³-hybridized carbons (Fsp3) is 0.355. The molecule has 1 N–H and O–H groups in total. The molecule has 0 aliphatic heterocycles. The summed E-state index contributed by atoms with van der Waals surface area (Å²) in [6, 6.07) is 22.5. The van der Waals surface area contributed by atoms with E-state index < -0.39 is 0 Å². The molecular formula is C31H37N3O3. The smallest absolute Gasteiger partial charge is 0.257 e. The van der Waals surface area contributed by atoms with Gasteiger partial charge in [0.25, 0.3) is 5.91 Å². The van der Waals surface area contributed by atoms with E-state index >= 15 is 0 Å². The topological polar surface area (TPSA) is 65.4 Å². The Labute approximate surface area is 219 Å². The number of carbonyl (C=O) groups excluding carboxylic acids is 1. The lowest BCUT2D eigenvalue weighted by molar-refractivity contribution is -0.123. The fourth-order valence-corrected chi connectivity index (χ4v) is 4.30. The predicted octanol–water partition coefficient (Wildman–Crippen LogP) is 5.98. The van der Waals surface area contributed by atoms with Crippen LogP contribution >= 0.6 is 0 Å². The molecule has 1 aromatic heterocycles. The SMILES string of the molecule is Cc1ccc(C)c(OCC(=O)NCCCc2nc3ccccc3n2CCOc2ccc(C(C)C)cc2)c1. The first-order valence-electron chi connectivity index (χ1n) is 13.0. The lowest BCUT2D eigenvalue weighted by Gasteiger charge is -2.12. The number of para-hydroxylation sites is 2. The van der Waals surface area contributed by atoms with Crippen LogP contribution in [0, 0.1) is 13.8 Å². The van der Waals surface area contributed by atoms with E-state index in [4.69, 9.17) is 14.5 Å². The molecule has 6 heteroatoms. The van der Waals surface area contributed by atoms with Crippen molar-refractivity contribution in [1.29, 1.82) is 0 Å². The van der Waals surface area contributed by atoms with Crippen LogP contribution in [0.15, 0.2) is 66.7 Å². The highest BCUT2D eigenvalue weighted by atomic mass is 16.5. The van der Waals surface area contributed by atoms with Crippen LogP contribution in [0.1, 0.15) is 48.7 Å². The van der Waals surface area contributed by atoms with Crippen molar-refractivity contribution in [1.82, 2.24) is 14.9 Å². The average Bonchev–Trinajstić information content (AvgIpc) is 3.24. The molecule has 0 radical (unpaired) electrons. The molecule has 37 heavy (non-hydrogen) atoms. The molecular weight excluding hydrogens is 462 g/mol. The minimum atomic E-state index is -0.119. The molecule has 1 heterocycles. The summed E-state index contributed by atoms with van der Waals surface area (Å²) in [7, 11) is 0. The van der Waals surface area contributed by atoms with Gasteiger partial charge in [0.2, 0.25) is 0 Å². The Morgan fingerprint density at radius 2 is 1.78 bits per heavy atom. The van der Waals surface area contributed by atoms with Crippen LogP contribution in [0.4, 0.5) is 0 Å². The number of nitrogens with zero attached hydrogens (tertiary/aromatic N) is 2. The van der Waals surface area contributed by atoms with Gasteiger partial charge in [0, 0.05) is 13.0 Å². The lowest BCUT2D eigenvalue weighted by Crippen LogP contribution is -2.30. The molecule has 0 saturated carbocycles. The molecule has 0 bridgehead atoms. The number of hydrogen-bond donors (Lipinski definition) is 1. The first kappa shape index (κ1) is 26.3. The standard InChI is InChI=1S/C31H37N3O3/c1-22(2)25-13-15-26(16-14-25)36-19-18-34-28-9-6-5-8-27(28)33-30(34)10-7-17-32-31(35)21-37-29-20-23(3)11-12-24(29)4/h5-6,8-9,11-16,20,22H,7,10,17-19,21H2,1-4H3,(H,32,35).